The SMILES string of the molecule is C=C1C(=O)OC2CC1(C)OCC2C1CCC2C3CC4OC45CC(OC)CC(=O)C5(C)C3CCC12C. The second-order valence-corrected chi connectivity index (χ2v) is 13.6. The van der Waals surface area contributed by atoms with Crippen molar-refractivity contribution >= 4 is 11.8 Å². The lowest BCUT2D eigenvalue weighted by atomic mass is 9.44. The predicted octanol–water partition coefficient (Wildman–Crippen LogP) is 4.25. The number of hydrogen-bond acceptors (Lipinski definition) is 6. The summed E-state index contributed by atoms with van der Waals surface area (Å²) in [5, 5.41) is 0. The number of ketones is 1. The molecule has 0 aromatic carbocycles. The van der Waals surface area contributed by atoms with Crippen LogP contribution in [0.25, 0.3) is 0 Å². The maximum absolute atomic E-state index is 13.7. The minimum Gasteiger partial charge on any atom is -0.458 e. The van der Waals surface area contributed by atoms with Gasteiger partial charge in [-0.15, -0.1) is 0 Å². The Morgan fingerprint density at radius 3 is 2.49 bits per heavy atom. The van der Waals surface area contributed by atoms with Gasteiger partial charge in [0.25, 0.3) is 0 Å². The highest BCUT2D eigenvalue weighted by Crippen LogP contribution is 2.74. The fourth-order valence-electron chi connectivity index (χ4n) is 10.5. The maximum atomic E-state index is 13.7. The van der Waals surface area contributed by atoms with Crippen LogP contribution in [0.15, 0.2) is 12.2 Å². The largest absolute Gasteiger partial charge is 0.458 e. The summed E-state index contributed by atoms with van der Waals surface area (Å²) in [5.74, 6) is 2.29. The van der Waals surface area contributed by atoms with E-state index in [0.717, 1.165) is 38.5 Å². The number of methoxy groups -OCH3 is 1. The Labute approximate surface area is 208 Å². The number of esters is 1. The molecule has 0 N–H and O–H groups in total. The van der Waals surface area contributed by atoms with Gasteiger partial charge in [-0.25, -0.2) is 4.79 Å². The number of hydrogen-bond donors (Lipinski definition) is 0. The molecule has 3 saturated heterocycles. The zero-order valence-corrected chi connectivity index (χ0v) is 21.6. The van der Waals surface area contributed by atoms with Crippen LogP contribution in [0.2, 0.25) is 0 Å². The van der Waals surface area contributed by atoms with Crippen LogP contribution >= 0.6 is 0 Å². The van der Waals surface area contributed by atoms with E-state index in [0.29, 0.717) is 48.1 Å². The number of carbonyl (C=O) groups is 2. The third-order valence-electron chi connectivity index (χ3n) is 12.6. The molecule has 7 rings (SSSR count). The topological polar surface area (TPSA) is 74.4 Å². The highest BCUT2D eigenvalue weighted by Gasteiger charge is 2.79. The van der Waals surface area contributed by atoms with E-state index in [-0.39, 0.29) is 46.6 Å². The number of fused-ring (bicyclic) bond motifs is 6. The average Bonchev–Trinajstić information content (AvgIpc) is 3.41. The molecule has 12 atom stereocenters. The van der Waals surface area contributed by atoms with E-state index < -0.39 is 5.60 Å². The lowest BCUT2D eigenvalue weighted by Crippen LogP contribution is -2.63. The van der Waals surface area contributed by atoms with Crippen LogP contribution in [-0.2, 0) is 28.5 Å². The van der Waals surface area contributed by atoms with Crippen LogP contribution in [0.1, 0.15) is 72.1 Å². The Kier molecular flexibility index (Phi) is 4.58. The molecule has 0 aromatic heterocycles. The normalized spacial score (nSPS) is 58.6. The highest BCUT2D eigenvalue weighted by atomic mass is 16.6. The molecule has 35 heavy (non-hydrogen) atoms. The molecule has 6 nitrogen and oxygen atoms in total. The second kappa shape index (κ2) is 6.99. The van der Waals surface area contributed by atoms with Gasteiger partial charge in [-0.2, -0.15) is 0 Å². The quantitative estimate of drug-likeness (QED) is 0.331. The Hall–Kier alpha value is -1.24. The van der Waals surface area contributed by atoms with Crippen molar-refractivity contribution in [3.8, 4) is 0 Å². The van der Waals surface area contributed by atoms with Crippen molar-refractivity contribution in [1.29, 1.82) is 0 Å². The molecule has 1 spiro atoms. The van der Waals surface area contributed by atoms with E-state index in [1.54, 1.807) is 7.11 Å². The zero-order valence-electron chi connectivity index (χ0n) is 21.6. The molecule has 7 aliphatic rings. The first-order valence-corrected chi connectivity index (χ1v) is 13.9. The molecule has 3 aliphatic heterocycles. The van der Waals surface area contributed by atoms with Crippen LogP contribution in [0.5, 0.6) is 0 Å². The van der Waals surface area contributed by atoms with Crippen LogP contribution in [0.4, 0.5) is 0 Å². The first-order valence-electron chi connectivity index (χ1n) is 13.9. The summed E-state index contributed by atoms with van der Waals surface area (Å²) in [4.78, 5) is 26.2. The second-order valence-electron chi connectivity index (χ2n) is 13.6. The van der Waals surface area contributed by atoms with Gasteiger partial charge in [-0.1, -0.05) is 13.5 Å². The molecule has 0 radical (unpaired) electrons. The number of rotatable bonds is 2. The molecule has 7 fully saturated rings. The molecule has 4 saturated carbocycles. The summed E-state index contributed by atoms with van der Waals surface area (Å²) >= 11 is 0. The Morgan fingerprint density at radius 1 is 1.00 bits per heavy atom. The fraction of sp³-hybridized carbons (Fsp3) is 0.862. The summed E-state index contributed by atoms with van der Waals surface area (Å²) in [6.45, 7) is 11.3. The highest BCUT2D eigenvalue weighted by molar-refractivity contribution is 5.91. The van der Waals surface area contributed by atoms with E-state index in [1.807, 2.05) is 6.92 Å². The molecule has 6 heteroatoms. The molecule has 4 aliphatic carbocycles. The van der Waals surface area contributed by atoms with E-state index in [4.69, 9.17) is 18.9 Å². The van der Waals surface area contributed by atoms with Gasteiger partial charge in [-0.05, 0) is 75.0 Å². The first kappa shape index (κ1) is 22.9. The van der Waals surface area contributed by atoms with Crippen molar-refractivity contribution in [3.63, 3.8) is 0 Å². The number of ether oxygens (including phenoxy) is 4. The van der Waals surface area contributed by atoms with Gasteiger partial charge in [0, 0.05) is 32.3 Å². The molecule has 0 aromatic rings. The van der Waals surface area contributed by atoms with Crippen molar-refractivity contribution in [2.45, 2.75) is 102 Å². The lowest BCUT2D eigenvalue weighted by molar-refractivity contribution is -0.201. The lowest BCUT2D eigenvalue weighted by Gasteiger charge is -2.59. The Morgan fingerprint density at radius 2 is 1.74 bits per heavy atom. The third kappa shape index (κ3) is 2.67. The van der Waals surface area contributed by atoms with E-state index >= 15 is 0 Å². The van der Waals surface area contributed by atoms with E-state index in [9.17, 15) is 9.59 Å². The summed E-state index contributed by atoms with van der Waals surface area (Å²) in [5.41, 5.74) is -0.624. The molecule has 2 bridgehead atoms. The summed E-state index contributed by atoms with van der Waals surface area (Å²) < 4.78 is 24.4. The van der Waals surface area contributed by atoms with Crippen molar-refractivity contribution in [2.75, 3.05) is 13.7 Å². The minimum atomic E-state index is -0.584. The van der Waals surface area contributed by atoms with Gasteiger partial charge >= 0.3 is 5.97 Å². The summed E-state index contributed by atoms with van der Waals surface area (Å²) in [6.07, 6.45) is 7.83. The Balaban J connectivity index is 1.17. The molecule has 0 amide bonds. The zero-order chi connectivity index (χ0) is 24.5. The summed E-state index contributed by atoms with van der Waals surface area (Å²) in [7, 11) is 1.72. The van der Waals surface area contributed by atoms with E-state index in [1.165, 1.54) is 6.42 Å². The summed E-state index contributed by atoms with van der Waals surface area (Å²) in [6, 6.07) is 0. The standard InChI is InChI=1S/C29H40O6/c1-15-25(31)34-22-13-27(15,3)33-14-18(22)20-7-6-19-17-11-24-29(35-24)12-16(32-5)10-23(30)28(29,4)21(17)8-9-26(19,20)2/h16-22,24H,1,6-14H2,2-5H3. The smallest absolute Gasteiger partial charge is 0.336 e. The van der Waals surface area contributed by atoms with Crippen LogP contribution in [0, 0.1) is 40.4 Å². The molecule has 3 heterocycles. The van der Waals surface area contributed by atoms with Gasteiger partial charge < -0.3 is 18.9 Å². The molecular formula is C29H40O6. The monoisotopic (exact) mass is 484 g/mol. The van der Waals surface area contributed by atoms with Crippen molar-refractivity contribution < 1.29 is 28.5 Å². The number of Topliss-reactive ketones (excluding diaryl/α,β-unsaturated/α-hetero) is 1. The van der Waals surface area contributed by atoms with Gasteiger partial charge in [-0.3, -0.25) is 4.79 Å². The van der Waals surface area contributed by atoms with Gasteiger partial charge in [0.2, 0.25) is 0 Å². The van der Waals surface area contributed by atoms with Gasteiger partial charge in [0.05, 0.1) is 29.8 Å². The van der Waals surface area contributed by atoms with Crippen molar-refractivity contribution in [1.82, 2.24) is 0 Å². The third-order valence-corrected chi connectivity index (χ3v) is 12.6. The van der Waals surface area contributed by atoms with E-state index in [2.05, 4.69) is 20.4 Å². The Bertz CT molecular complexity index is 1010. The van der Waals surface area contributed by atoms with Gasteiger partial charge in [0.15, 0.2) is 0 Å². The van der Waals surface area contributed by atoms with Crippen LogP contribution in [-0.4, -0.2) is 55.0 Å². The molecular weight excluding hydrogens is 444 g/mol. The number of carbonyl (C=O) groups excluding carboxylic acids is 2. The van der Waals surface area contributed by atoms with Crippen LogP contribution < -0.4 is 0 Å². The average molecular weight is 485 g/mol. The molecule has 192 valence electrons. The van der Waals surface area contributed by atoms with Gasteiger partial charge in [0.1, 0.15) is 23.1 Å². The predicted molar refractivity (Wildman–Crippen MR) is 127 cm³/mol. The molecule has 12 unspecified atom stereocenters. The maximum Gasteiger partial charge on any atom is 0.336 e. The van der Waals surface area contributed by atoms with Crippen molar-refractivity contribution in [2.24, 2.45) is 40.4 Å². The first-order chi connectivity index (χ1) is 16.6. The van der Waals surface area contributed by atoms with Crippen molar-refractivity contribution in [3.05, 3.63) is 12.2 Å². The number of epoxide rings is 1. The fourth-order valence-corrected chi connectivity index (χ4v) is 10.5. The minimum absolute atomic E-state index is 0.00638. The van der Waals surface area contributed by atoms with Crippen LogP contribution in [0.3, 0.4) is 0 Å².